The Morgan fingerprint density at radius 1 is 1.18 bits per heavy atom. The Hall–Kier alpha value is -3.08. The van der Waals surface area contributed by atoms with E-state index >= 15 is 0 Å². The zero-order chi connectivity index (χ0) is 29.6. The molecule has 0 radical (unpaired) electrons. The minimum atomic E-state index is -5.16. The van der Waals surface area contributed by atoms with Crippen molar-refractivity contribution in [1.29, 1.82) is 0 Å². The van der Waals surface area contributed by atoms with Gasteiger partial charge in [0, 0.05) is 30.8 Å². The standard InChI is InChI=1S/C22H23F8N5O3S/c1-10-5-20(23,24)9-35(10)18(37)14-15(39-17(34-14)16(36)33-7-19(2,3)38)11-6-31-13(32-8-21(25,26)27)4-12(11)22(28,29)30/h4,6,10,38H,5,7-9H2,1-3H3,(H,31,32)(H,33,36). The summed E-state index contributed by atoms with van der Waals surface area (Å²) < 4.78 is 108. The van der Waals surface area contributed by atoms with Crippen LogP contribution in [0, 0.1) is 0 Å². The fraction of sp³-hybridized carbons (Fsp3) is 0.545. The summed E-state index contributed by atoms with van der Waals surface area (Å²) in [7, 11) is 0. The fourth-order valence-electron chi connectivity index (χ4n) is 3.70. The van der Waals surface area contributed by atoms with Gasteiger partial charge < -0.3 is 20.6 Å². The van der Waals surface area contributed by atoms with Gasteiger partial charge in [-0.05, 0) is 26.8 Å². The van der Waals surface area contributed by atoms with Gasteiger partial charge >= 0.3 is 12.4 Å². The lowest BCUT2D eigenvalue weighted by atomic mass is 10.1. The van der Waals surface area contributed by atoms with Crippen molar-refractivity contribution in [3.8, 4) is 10.4 Å². The van der Waals surface area contributed by atoms with Crippen LogP contribution in [0.5, 0.6) is 0 Å². The second kappa shape index (κ2) is 10.5. The van der Waals surface area contributed by atoms with E-state index in [0.29, 0.717) is 23.6 Å². The van der Waals surface area contributed by atoms with E-state index in [1.54, 1.807) is 5.32 Å². The minimum absolute atomic E-state index is 0.297. The van der Waals surface area contributed by atoms with Gasteiger partial charge in [-0.15, -0.1) is 11.3 Å². The molecule has 17 heteroatoms. The molecule has 39 heavy (non-hydrogen) atoms. The number of halogens is 8. The maximum Gasteiger partial charge on any atom is 0.417 e. The fourth-order valence-corrected chi connectivity index (χ4v) is 4.69. The Bertz CT molecular complexity index is 1240. The van der Waals surface area contributed by atoms with Gasteiger partial charge in [-0.2, -0.15) is 26.3 Å². The number of pyridine rings is 1. The number of anilines is 1. The summed E-state index contributed by atoms with van der Waals surface area (Å²) in [5.41, 5.74) is -4.40. The van der Waals surface area contributed by atoms with Crippen LogP contribution in [0.4, 0.5) is 40.9 Å². The minimum Gasteiger partial charge on any atom is -0.389 e. The van der Waals surface area contributed by atoms with E-state index in [-0.39, 0.29) is 6.54 Å². The number of amides is 2. The molecule has 1 fully saturated rings. The number of rotatable bonds is 7. The van der Waals surface area contributed by atoms with E-state index in [1.807, 2.05) is 0 Å². The first kappa shape index (κ1) is 30.5. The summed E-state index contributed by atoms with van der Waals surface area (Å²) in [5, 5.41) is 13.4. The van der Waals surface area contributed by atoms with Crippen LogP contribution in [0.2, 0.25) is 0 Å². The van der Waals surface area contributed by atoms with Crippen molar-refractivity contribution in [3.63, 3.8) is 0 Å². The Labute approximate surface area is 220 Å². The topological polar surface area (TPSA) is 107 Å². The highest BCUT2D eigenvalue weighted by Gasteiger charge is 2.46. The lowest BCUT2D eigenvalue weighted by molar-refractivity contribution is -0.137. The van der Waals surface area contributed by atoms with Gasteiger partial charge in [0.15, 0.2) is 5.01 Å². The van der Waals surface area contributed by atoms with Crippen molar-refractivity contribution in [2.45, 2.75) is 57.1 Å². The van der Waals surface area contributed by atoms with Gasteiger partial charge in [0.1, 0.15) is 18.1 Å². The van der Waals surface area contributed by atoms with Crippen LogP contribution in [0.15, 0.2) is 12.3 Å². The Morgan fingerprint density at radius 3 is 2.33 bits per heavy atom. The number of carbonyl (C=O) groups excluding carboxylic acids is 2. The second-order valence-corrected chi connectivity index (χ2v) is 10.6. The van der Waals surface area contributed by atoms with Crippen LogP contribution in [-0.4, -0.2) is 75.2 Å². The maximum atomic E-state index is 14.0. The highest BCUT2D eigenvalue weighted by molar-refractivity contribution is 7.17. The molecule has 0 aliphatic carbocycles. The third-order valence-corrected chi connectivity index (χ3v) is 6.51. The Kier molecular flexibility index (Phi) is 8.18. The lowest BCUT2D eigenvalue weighted by Crippen LogP contribution is -2.38. The molecule has 3 heterocycles. The average Bonchev–Trinajstić information content (AvgIpc) is 3.34. The second-order valence-electron chi connectivity index (χ2n) is 9.62. The molecule has 3 rings (SSSR count). The third kappa shape index (κ3) is 7.74. The molecule has 2 aromatic rings. The molecule has 216 valence electrons. The van der Waals surface area contributed by atoms with Crippen LogP contribution >= 0.6 is 11.3 Å². The molecule has 2 amide bonds. The summed E-state index contributed by atoms with van der Waals surface area (Å²) in [6, 6.07) is -0.709. The molecule has 0 spiro atoms. The van der Waals surface area contributed by atoms with Gasteiger partial charge in [-0.3, -0.25) is 9.59 Å². The smallest absolute Gasteiger partial charge is 0.389 e. The zero-order valence-electron chi connectivity index (χ0n) is 20.6. The lowest BCUT2D eigenvalue weighted by Gasteiger charge is -2.21. The average molecular weight is 590 g/mol. The number of nitrogens with zero attached hydrogens (tertiary/aromatic N) is 3. The number of likely N-dealkylation sites (tertiary alicyclic amines) is 1. The van der Waals surface area contributed by atoms with Crippen molar-refractivity contribution in [2.75, 3.05) is 25.0 Å². The van der Waals surface area contributed by atoms with Crippen molar-refractivity contribution in [2.24, 2.45) is 0 Å². The van der Waals surface area contributed by atoms with Gasteiger partial charge in [0.2, 0.25) is 0 Å². The zero-order valence-corrected chi connectivity index (χ0v) is 21.4. The Morgan fingerprint density at radius 2 is 1.82 bits per heavy atom. The molecular formula is C22H23F8N5O3S. The predicted octanol–water partition coefficient (Wildman–Crippen LogP) is 4.57. The summed E-state index contributed by atoms with van der Waals surface area (Å²) in [6.45, 7) is 1.03. The third-order valence-electron chi connectivity index (χ3n) is 5.42. The summed E-state index contributed by atoms with van der Waals surface area (Å²) >= 11 is 0.333. The highest BCUT2D eigenvalue weighted by Crippen LogP contribution is 2.42. The summed E-state index contributed by atoms with van der Waals surface area (Å²) in [6.07, 6.45) is -10.1. The van der Waals surface area contributed by atoms with Crippen LogP contribution in [0.25, 0.3) is 10.4 Å². The van der Waals surface area contributed by atoms with Crippen LogP contribution in [0.1, 0.15) is 53.0 Å². The van der Waals surface area contributed by atoms with Crippen molar-refractivity contribution in [3.05, 3.63) is 28.5 Å². The maximum absolute atomic E-state index is 14.0. The van der Waals surface area contributed by atoms with Gasteiger partial charge in [-0.1, -0.05) is 0 Å². The number of nitrogens with one attached hydrogen (secondary N) is 2. The highest BCUT2D eigenvalue weighted by atomic mass is 32.1. The van der Waals surface area contributed by atoms with Crippen LogP contribution in [0.3, 0.4) is 0 Å². The largest absolute Gasteiger partial charge is 0.417 e. The van der Waals surface area contributed by atoms with Crippen molar-refractivity contribution >= 4 is 29.0 Å². The molecule has 8 nitrogen and oxygen atoms in total. The number of carbonyl (C=O) groups is 2. The number of thiazole rings is 1. The van der Waals surface area contributed by atoms with Crippen LogP contribution in [-0.2, 0) is 6.18 Å². The summed E-state index contributed by atoms with van der Waals surface area (Å²) in [4.78, 5) is 33.5. The molecule has 1 aliphatic rings. The van der Waals surface area contributed by atoms with E-state index in [9.17, 15) is 49.8 Å². The van der Waals surface area contributed by atoms with Gasteiger partial charge in [-0.25, -0.2) is 18.7 Å². The quantitative estimate of drug-likeness (QED) is 0.409. The van der Waals surface area contributed by atoms with Crippen molar-refractivity contribution in [1.82, 2.24) is 20.2 Å². The molecule has 3 N–H and O–H groups in total. The van der Waals surface area contributed by atoms with Crippen LogP contribution < -0.4 is 10.6 Å². The Balaban J connectivity index is 2.12. The summed E-state index contributed by atoms with van der Waals surface area (Å²) in [5.74, 6) is -6.16. The van der Waals surface area contributed by atoms with E-state index in [2.05, 4.69) is 15.3 Å². The monoisotopic (exact) mass is 589 g/mol. The molecule has 0 aromatic carbocycles. The molecule has 2 aromatic heterocycles. The first-order chi connectivity index (χ1) is 17.7. The molecular weight excluding hydrogens is 566 g/mol. The normalized spacial score (nSPS) is 17.8. The molecule has 0 bridgehead atoms. The molecule has 0 saturated carbocycles. The molecule has 1 unspecified atom stereocenters. The number of aromatic nitrogens is 2. The number of hydrogen-bond acceptors (Lipinski definition) is 7. The molecule has 1 saturated heterocycles. The number of alkyl halides is 8. The predicted molar refractivity (Wildman–Crippen MR) is 124 cm³/mol. The SMILES string of the molecule is CC1CC(F)(F)CN1C(=O)c1nc(C(=O)NCC(C)(C)O)sc1-c1cnc(NCC(F)(F)F)cc1C(F)(F)F. The van der Waals surface area contributed by atoms with E-state index < -0.39 is 93.8 Å². The van der Waals surface area contributed by atoms with E-state index in [0.717, 1.165) is 4.90 Å². The van der Waals surface area contributed by atoms with Crippen molar-refractivity contribution < 1.29 is 49.8 Å². The first-order valence-electron chi connectivity index (χ1n) is 11.3. The number of hydrogen-bond donors (Lipinski definition) is 3. The number of aliphatic hydroxyl groups is 1. The van der Waals surface area contributed by atoms with E-state index in [1.165, 1.54) is 20.8 Å². The van der Waals surface area contributed by atoms with Gasteiger partial charge in [0.25, 0.3) is 17.7 Å². The first-order valence-corrected chi connectivity index (χ1v) is 12.1. The molecule has 1 atom stereocenters. The van der Waals surface area contributed by atoms with E-state index in [4.69, 9.17) is 0 Å². The molecule has 1 aliphatic heterocycles. The van der Waals surface area contributed by atoms with Gasteiger partial charge in [0.05, 0.1) is 22.6 Å².